The van der Waals surface area contributed by atoms with Gasteiger partial charge in [0.15, 0.2) is 0 Å². The minimum atomic E-state index is -0.298. The Labute approximate surface area is 109 Å². The van der Waals surface area contributed by atoms with Gasteiger partial charge in [-0.2, -0.15) is 0 Å². The van der Waals surface area contributed by atoms with Gasteiger partial charge >= 0.3 is 0 Å². The summed E-state index contributed by atoms with van der Waals surface area (Å²) in [5.74, 6) is -0.298. The zero-order valence-electron chi connectivity index (χ0n) is 9.63. The molecule has 0 aliphatic rings. The summed E-state index contributed by atoms with van der Waals surface area (Å²) in [5, 5.41) is 0.381. The normalized spacial score (nSPS) is 12.8. The number of nitrogens with two attached hydrogens (primary N) is 1. The molecule has 1 atom stereocenters. The van der Waals surface area contributed by atoms with Crippen LogP contribution in [0.2, 0.25) is 5.02 Å². The topological polar surface area (TPSA) is 26.0 Å². The monoisotopic (exact) mass is 269 g/mol. The summed E-state index contributed by atoms with van der Waals surface area (Å²) in [6.07, 6.45) is 0. The van der Waals surface area contributed by atoms with E-state index in [9.17, 15) is 4.39 Å². The summed E-state index contributed by atoms with van der Waals surface area (Å²) in [5.41, 5.74) is 7.49. The minimum Gasteiger partial charge on any atom is -0.320 e. The van der Waals surface area contributed by atoms with Crippen molar-refractivity contribution >= 4 is 22.9 Å². The van der Waals surface area contributed by atoms with E-state index in [0.717, 1.165) is 10.4 Å². The van der Waals surface area contributed by atoms with E-state index in [-0.39, 0.29) is 11.9 Å². The van der Waals surface area contributed by atoms with Gasteiger partial charge in [0, 0.05) is 14.8 Å². The Balaban J connectivity index is 2.43. The van der Waals surface area contributed by atoms with Crippen molar-refractivity contribution in [2.75, 3.05) is 0 Å². The molecule has 0 saturated carbocycles. The van der Waals surface area contributed by atoms with Crippen molar-refractivity contribution in [3.8, 4) is 0 Å². The molecule has 1 heterocycles. The molecule has 2 N–H and O–H groups in total. The molecule has 1 aromatic carbocycles. The molecular weight excluding hydrogens is 257 g/mol. The molecule has 0 bridgehead atoms. The fourth-order valence-electron chi connectivity index (χ4n) is 1.69. The Morgan fingerprint density at radius 3 is 2.59 bits per heavy atom. The van der Waals surface area contributed by atoms with Crippen LogP contribution in [0.4, 0.5) is 4.39 Å². The van der Waals surface area contributed by atoms with Crippen molar-refractivity contribution in [1.29, 1.82) is 0 Å². The van der Waals surface area contributed by atoms with Crippen LogP contribution >= 0.6 is 22.9 Å². The summed E-state index contributed by atoms with van der Waals surface area (Å²) < 4.78 is 13.3. The fourth-order valence-corrected chi connectivity index (χ4v) is 2.86. The molecule has 0 aliphatic carbocycles. The van der Waals surface area contributed by atoms with Gasteiger partial charge in [-0.25, -0.2) is 4.39 Å². The average molecular weight is 270 g/mol. The third-order valence-electron chi connectivity index (χ3n) is 2.68. The van der Waals surface area contributed by atoms with Gasteiger partial charge in [-0.05, 0) is 49.2 Å². The quantitative estimate of drug-likeness (QED) is 0.869. The second-order valence-electron chi connectivity index (χ2n) is 4.05. The Hall–Kier alpha value is -0.900. The molecule has 2 rings (SSSR count). The number of benzene rings is 1. The number of aryl methyl sites for hydroxylation is 2. The molecule has 0 radical (unpaired) electrons. The molecule has 0 aliphatic heterocycles. The first-order valence-electron chi connectivity index (χ1n) is 5.26. The van der Waals surface area contributed by atoms with E-state index in [1.807, 2.05) is 19.1 Å². The van der Waals surface area contributed by atoms with Crippen LogP contribution in [0, 0.1) is 19.7 Å². The van der Waals surface area contributed by atoms with Gasteiger partial charge in [-0.15, -0.1) is 11.3 Å². The fraction of sp³-hybridized carbons (Fsp3) is 0.231. The van der Waals surface area contributed by atoms with E-state index < -0.39 is 0 Å². The van der Waals surface area contributed by atoms with Crippen LogP contribution < -0.4 is 5.73 Å². The van der Waals surface area contributed by atoms with Crippen molar-refractivity contribution in [2.24, 2.45) is 5.73 Å². The summed E-state index contributed by atoms with van der Waals surface area (Å²) in [4.78, 5) is 2.24. The molecule has 2 aromatic rings. The van der Waals surface area contributed by atoms with Gasteiger partial charge in [0.05, 0.1) is 6.04 Å². The van der Waals surface area contributed by atoms with Crippen LogP contribution in [-0.4, -0.2) is 0 Å². The van der Waals surface area contributed by atoms with Crippen LogP contribution in [0.5, 0.6) is 0 Å². The molecule has 90 valence electrons. The first kappa shape index (κ1) is 12.6. The Morgan fingerprint density at radius 1 is 1.29 bits per heavy atom. The third kappa shape index (κ3) is 2.51. The van der Waals surface area contributed by atoms with E-state index in [1.54, 1.807) is 24.3 Å². The highest BCUT2D eigenvalue weighted by atomic mass is 35.5. The lowest BCUT2D eigenvalue weighted by Gasteiger charge is -2.13. The zero-order valence-corrected chi connectivity index (χ0v) is 11.2. The Morgan fingerprint density at radius 2 is 2.00 bits per heavy atom. The first-order valence-corrected chi connectivity index (χ1v) is 6.46. The van der Waals surface area contributed by atoms with Gasteiger partial charge in [0.1, 0.15) is 5.82 Å². The molecule has 17 heavy (non-hydrogen) atoms. The molecule has 4 heteroatoms. The summed E-state index contributed by atoms with van der Waals surface area (Å²) >= 11 is 7.67. The van der Waals surface area contributed by atoms with E-state index in [2.05, 4.69) is 0 Å². The predicted octanol–water partition coefficient (Wildman–Crippen LogP) is 4.21. The maximum atomic E-state index is 13.3. The molecule has 0 amide bonds. The smallest absolute Gasteiger partial charge is 0.127 e. The van der Waals surface area contributed by atoms with Gasteiger partial charge in [0.25, 0.3) is 0 Å². The largest absolute Gasteiger partial charge is 0.320 e. The number of hydrogen-bond acceptors (Lipinski definition) is 2. The highest BCUT2D eigenvalue weighted by Crippen LogP contribution is 2.31. The molecule has 1 aromatic heterocycles. The first-order chi connectivity index (χ1) is 7.99. The van der Waals surface area contributed by atoms with Crippen molar-refractivity contribution in [3.63, 3.8) is 0 Å². The van der Waals surface area contributed by atoms with E-state index in [0.29, 0.717) is 10.6 Å². The maximum Gasteiger partial charge on any atom is 0.127 e. The van der Waals surface area contributed by atoms with Crippen molar-refractivity contribution < 1.29 is 4.39 Å². The number of halogens is 2. The number of hydrogen-bond donors (Lipinski definition) is 1. The minimum absolute atomic E-state index is 0.291. The van der Waals surface area contributed by atoms with Crippen LogP contribution in [0.3, 0.4) is 0 Å². The molecule has 0 spiro atoms. The molecule has 0 fully saturated rings. The van der Waals surface area contributed by atoms with E-state index in [1.165, 1.54) is 10.9 Å². The molecule has 1 unspecified atom stereocenters. The van der Waals surface area contributed by atoms with Crippen LogP contribution in [-0.2, 0) is 0 Å². The average Bonchev–Trinajstić information content (AvgIpc) is 2.69. The standard InChI is InChI=1S/C13H13ClFNS/c1-7-5-9(10(14)6-11(7)15)13(16)12-4-3-8(2)17-12/h3-6,13H,16H2,1-2H3. The number of rotatable bonds is 2. The van der Waals surface area contributed by atoms with Crippen molar-refractivity contribution in [2.45, 2.75) is 19.9 Å². The van der Waals surface area contributed by atoms with Crippen molar-refractivity contribution in [1.82, 2.24) is 0 Å². The zero-order chi connectivity index (χ0) is 12.6. The lowest BCUT2D eigenvalue weighted by molar-refractivity contribution is 0.617. The molecule has 0 saturated heterocycles. The van der Waals surface area contributed by atoms with Crippen LogP contribution in [0.25, 0.3) is 0 Å². The second-order valence-corrected chi connectivity index (χ2v) is 5.78. The van der Waals surface area contributed by atoms with E-state index in [4.69, 9.17) is 17.3 Å². The lowest BCUT2D eigenvalue weighted by Crippen LogP contribution is -2.11. The van der Waals surface area contributed by atoms with Gasteiger partial charge < -0.3 is 5.73 Å². The summed E-state index contributed by atoms with van der Waals surface area (Å²) in [6.45, 7) is 3.74. The maximum absolute atomic E-state index is 13.3. The summed E-state index contributed by atoms with van der Waals surface area (Å²) in [7, 11) is 0. The molecule has 1 nitrogen and oxygen atoms in total. The van der Waals surface area contributed by atoms with Crippen molar-refractivity contribution in [3.05, 3.63) is 56.0 Å². The Kier molecular flexibility index (Phi) is 3.52. The van der Waals surface area contributed by atoms with Gasteiger partial charge in [-0.1, -0.05) is 11.6 Å². The second kappa shape index (κ2) is 4.77. The number of thiophene rings is 1. The predicted molar refractivity (Wildman–Crippen MR) is 71.2 cm³/mol. The van der Waals surface area contributed by atoms with Gasteiger partial charge in [0.2, 0.25) is 0 Å². The highest BCUT2D eigenvalue weighted by molar-refractivity contribution is 7.12. The van der Waals surface area contributed by atoms with E-state index >= 15 is 0 Å². The van der Waals surface area contributed by atoms with Crippen LogP contribution in [0.1, 0.15) is 26.9 Å². The summed E-state index contributed by atoms with van der Waals surface area (Å²) in [6, 6.07) is 6.76. The highest BCUT2D eigenvalue weighted by Gasteiger charge is 2.16. The Bertz CT molecular complexity index is 550. The lowest BCUT2D eigenvalue weighted by atomic mass is 10.0. The van der Waals surface area contributed by atoms with Gasteiger partial charge in [-0.3, -0.25) is 0 Å². The molecular formula is C13H13ClFNS. The third-order valence-corrected chi connectivity index (χ3v) is 4.09. The van der Waals surface area contributed by atoms with Crippen LogP contribution in [0.15, 0.2) is 24.3 Å². The SMILES string of the molecule is Cc1ccc(C(N)c2cc(C)c(F)cc2Cl)s1.